The topological polar surface area (TPSA) is 43.9 Å². The molecule has 6 heteroatoms. The number of benzene rings is 3. The number of rotatable bonds is 5. The molecular weight excluding hydrogens is 406 g/mol. The minimum atomic E-state index is -3.44. The standard InChI is InChI=1S/C25H29N3O2S/c1-2-28-23-13-12-22(21-10-6-11-24(25(21)23)31(28,29)30)27-16-7-15-26(18-19-27)17-14-20-8-4-3-5-9-20/h3-6,8-13H,2,7,14-19H2,1H3. The first kappa shape index (κ1) is 20.3. The first-order valence-corrected chi connectivity index (χ1v) is 12.6. The van der Waals surface area contributed by atoms with Crippen molar-refractivity contribution in [3.63, 3.8) is 0 Å². The van der Waals surface area contributed by atoms with E-state index >= 15 is 0 Å². The molecule has 0 spiro atoms. The highest BCUT2D eigenvalue weighted by Gasteiger charge is 2.35. The Morgan fingerprint density at radius 3 is 2.45 bits per heavy atom. The van der Waals surface area contributed by atoms with E-state index in [0.717, 1.165) is 67.7 Å². The molecule has 0 unspecified atom stereocenters. The van der Waals surface area contributed by atoms with Crippen LogP contribution in [0, 0.1) is 0 Å². The molecule has 5 rings (SSSR count). The van der Waals surface area contributed by atoms with Crippen molar-refractivity contribution in [3.8, 4) is 0 Å². The molecule has 2 aliphatic heterocycles. The van der Waals surface area contributed by atoms with Crippen LogP contribution in [-0.2, 0) is 16.4 Å². The summed E-state index contributed by atoms with van der Waals surface area (Å²) >= 11 is 0. The van der Waals surface area contributed by atoms with Gasteiger partial charge in [-0.3, -0.25) is 4.31 Å². The van der Waals surface area contributed by atoms with Gasteiger partial charge in [0, 0.05) is 49.2 Å². The lowest BCUT2D eigenvalue weighted by Gasteiger charge is -2.25. The summed E-state index contributed by atoms with van der Waals surface area (Å²) in [7, 11) is -3.44. The van der Waals surface area contributed by atoms with Crippen molar-refractivity contribution in [3.05, 3.63) is 66.2 Å². The number of hydrogen-bond donors (Lipinski definition) is 0. The van der Waals surface area contributed by atoms with Crippen LogP contribution in [0.2, 0.25) is 0 Å². The molecule has 2 heterocycles. The lowest BCUT2D eigenvalue weighted by Crippen LogP contribution is -2.32. The van der Waals surface area contributed by atoms with E-state index in [2.05, 4.69) is 52.3 Å². The molecule has 162 valence electrons. The largest absolute Gasteiger partial charge is 0.370 e. The van der Waals surface area contributed by atoms with Gasteiger partial charge < -0.3 is 9.80 Å². The first-order chi connectivity index (χ1) is 15.1. The highest BCUT2D eigenvalue weighted by molar-refractivity contribution is 7.93. The Morgan fingerprint density at radius 2 is 1.65 bits per heavy atom. The van der Waals surface area contributed by atoms with Gasteiger partial charge in [0.15, 0.2) is 0 Å². The van der Waals surface area contributed by atoms with E-state index in [1.165, 1.54) is 9.87 Å². The molecule has 0 saturated carbocycles. The van der Waals surface area contributed by atoms with Gasteiger partial charge in [-0.25, -0.2) is 8.42 Å². The fraction of sp³-hybridized carbons (Fsp3) is 0.360. The van der Waals surface area contributed by atoms with Gasteiger partial charge in [0.25, 0.3) is 10.0 Å². The zero-order valence-corrected chi connectivity index (χ0v) is 18.8. The predicted molar refractivity (Wildman–Crippen MR) is 128 cm³/mol. The second kappa shape index (κ2) is 8.17. The third-order valence-electron chi connectivity index (χ3n) is 6.57. The zero-order valence-electron chi connectivity index (χ0n) is 18.0. The summed E-state index contributed by atoms with van der Waals surface area (Å²) in [5.41, 5.74) is 3.35. The molecule has 3 aromatic rings. The van der Waals surface area contributed by atoms with Gasteiger partial charge in [-0.15, -0.1) is 0 Å². The summed E-state index contributed by atoms with van der Waals surface area (Å²) in [6, 6.07) is 20.5. The zero-order chi connectivity index (χ0) is 21.4. The molecular formula is C25H29N3O2S. The molecule has 0 amide bonds. The van der Waals surface area contributed by atoms with E-state index in [0.29, 0.717) is 11.4 Å². The second-order valence-corrected chi connectivity index (χ2v) is 10.2. The van der Waals surface area contributed by atoms with Crippen LogP contribution in [0.25, 0.3) is 10.8 Å². The maximum Gasteiger partial charge on any atom is 0.265 e. The van der Waals surface area contributed by atoms with E-state index in [9.17, 15) is 8.42 Å². The van der Waals surface area contributed by atoms with Gasteiger partial charge in [0.1, 0.15) is 0 Å². The van der Waals surface area contributed by atoms with Crippen molar-refractivity contribution in [2.24, 2.45) is 0 Å². The molecule has 31 heavy (non-hydrogen) atoms. The molecule has 0 bridgehead atoms. The van der Waals surface area contributed by atoms with Crippen molar-refractivity contribution < 1.29 is 8.42 Å². The summed E-state index contributed by atoms with van der Waals surface area (Å²) in [6.07, 6.45) is 2.18. The first-order valence-electron chi connectivity index (χ1n) is 11.2. The Kier molecular flexibility index (Phi) is 5.36. The van der Waals surface area contributed by atoms with Crippen molar-refractivity contribution >= 4 is 32.2 Å². The van der Waals surface area contributed by atoms with Crippen LogP contribution in [0.4, 0.5) is 11.4 Å². The molecule has 1 fully saturated rings. The Balaban J connectivity index is 1.39. The van der Waals surface area contributed by atoms with Crippen LogP contribution in [0.5, 0.6) is 0 Å². The SMILES string of the molecule is CCN1c2ccc(N3CCCN(CCc4ccccc4)CC3)c3cccc(c23)S1(=O)=O. The summed E-state index contributed by atoms with van der Waals surface area (Å²) < 4.78 is 27.5. The van der Waals surface area contributed by atoms with Gasteiger partial charge >= 0.3 is 0 Å². The third kappa shape index (κ3) is 3.58. The highest BCUT2D eigenvalue weighted by atomic mass is 32.2. The fourth-order valence-corrected chi connectivity index (χ4v) is 6.71. The third-order valence-corrected chi connectivity index (χ3v) is 8.50. The van der Waals surface area contributed by atoms with Gasteiger partial charge in [-0.05, 0) is 50.1 Å². The van der Waals surface area contributed by atoms with Crippen LogP contribution < -0.4 is 9.21 Å². The number of anilines is 2. The lowest BCUT2D eigenvalue weighted by molar-refractivity contribution is 0.297. The number of sulfonamides is 1. The fourth-order valence-electron chi connectivity index (χ4n) is 4.99. The van der Waals surface area contributed by atoms with E-state index < -0.39 is 10.0 Å². The minimum Gasteiger partial charge on any atom is -0.370 e. The van der Waals surface area contributed by atoms with Gasteiger partial charge in [0.2, 0.25) is 0 Å². The second-order valence-electron chi connectivity index (χ2n) is 8.37. The normalized spacial score (nSPS) is 18.5. The Morgan fingerprint density at radius 1 is 0.839 bits per heavy atom. The summed E-state index contributed by atoms with van der Waals surface area (Å²) in [5.74, 6) is 0. The van der Waals surface area contributed by atoms with Crippen molar-refractivity contribution in [2.75, 3.05) is 48.5 Å². The molecule has 0 N–H and O–H groups in total. The molecule has 0 atom stereocenters. The Hall–Kier alpha value is -2.57. The van der Waals surface area contributed by atoms with Crippen LogP contribution in [0.15, 0.2) is 65.6 Å². The Bertz CT molecular complexity index is 1190. The smallest absolute Gasteiger partial charge is 0.265 e. The van der Waals surface area contributed by atoms with Crippen molar-refractivity contribution in [2.45, 2.75) is 24.7 Å². The monoisotopic (exact) mass is 435 g/mol. The molecule has 0 radical (unpaired) electrons. The molecule has 5 nitrogen and oxygen atoms in total. The van der Waals surface area contributed by atoms with Crippen LogP contribution in [0.1, 0.15) is 18.9 Å². The number of nitrogens with zero attached hydrogens (tertiary/aromatic N) is 3. The highest BCUT2D eigenvalue weighted by Crippen LogP contribution is 2.45. The minimum absolute atomic E-state index is 0.447. The quantitative estimate of drug-likeness (QED) is 0.605. The summed E-state index contributed by atoms with van der Waals surface area (Å²) in [5, 5.41) is 1.93. The molecule has 0 aromatic heterocycles. The summed E-state index contributed by atoms with van der Waals surface area (Å²) in [4.78, 5) is 5.44. The van der Waals surface area contributed by atoms with E-state index in [-0.39, 0.29) is 0 Å². The van der Waals surface area contributed by atoms with E-state index in [4.69, 9.17) is 0 Å². The maximum atomic E-state index is 13.0. The van der Waals surface area contributed by atoms with E-state index in [1.807, 2.05) is 19.1 Å². The van der Waals surface area contributed by atoms with Crippen LogP contribution in [0.3, 0.4) is 0 Å². The lowest BCUT2D eigenvalue weighted by atomic mass is 10.1. The molecule has 1 saturated heterocycles. The van der Waals surface area contributed by atoms with E-state index in [1.54, 1.807) is 6.07 Å². The van der Waals surface area contributed by atoms with Crippen molar-refractivity contribution in [1.82, 2.24) is 4.90 Å². The van der Waals surface area contributed by atoms with Crippen LogP contribution in [-0.4, -0.2) is 52.6 Å². The summed E-state index contributed by atoms with van der Waals surface area (Å²) in [6.45, 7) is 7.49. The maximum absolute atomic E-state index is 13.0. The molecule has 0 aliphatic carbocycles. The van der Waals surface area contributed by atoms with Crippen LogP contribution >= 0.6 is 0 Å². The van der Waals surface area contributed by atoms with Gasteiger partial charge in [0.05, 0.1) is 10.6 Å². The Labute approximate surface area is 184 Å². The van der Waals surface area contributed by atoms with Crippen molar-refractivity contribution in [1.29, 1.82) is 0 Å². The molecule has 2 aliphatic rings. The van der Waals surface area contributed by atoms with Gasteiger partial charge in [-0.1, -0.05) is 42.5 Å². The average Bonchev–Trinajstić information content (AvgIpc) is 2.92. The predicted octanol–water partition coefficient (Wildman–Crippen LogP) is 4.12. The van der Waals surface area contributed by atoms with Gasteiger partial charge in [-0.2, -0.15) is 0 Å². The average molecular weight is 436 g/mol. The molecule has 3 aromatic carbocycles. The number of hydrogen-bond acceptors (Lipinski definition) is 4.